The lowest BCUT2D eigenvalue weighted by molar-refractivity contribution is -0.138. The van der Waals surface area contributed by atoms with Crippen LogP contribution in [0.5, 0.6) is 0 Å². The standard InChI is InChI=1S/C12H14N2O4/c1-6-4-9(8(3)18-6)12(17)14-5-10(15)13-11(16)7(14)2/h4,7H,5H2,1-3H3,(H,13,15,16). The fourth-order valence-electron chi connectivity index (χ4n) is 1.96. The van der Waals surface area contributed by atoms with Crippen molar-refractivity contribution in [2.24, 2.45) is 0 Å². The van der Waals surface area contributed by atoms with E-state index in [1.807, 2.05) is 0 Å². The smallest absolute Gasteiger partial charge is 0.258 e. The molecule has 2 heterocycles. The lowest BCUT2D eigenvalue weighted by Gasteiger charge is -2.31. The van der Waals surface area contributed by atoms with Crippen LogP contribution in [0.4, 0.5) is 0 Å². The molecule has 1 aromatic rings. The SMILES string of the molecule is Cc1cc(C(=O)N2CC(=O)NC(=O)C2C)c(C)o1. The molecule has 1 N–H and O–H groups in total. The van der Waals surface area contributed by atoms with Crippen molar-refractivity contribution in [3.8, 4) is 0 Å². The average molecular weight is 250 g/mol. The Kier molecular flexibility index (Phi) is 2.94. The molecular weight excluding hydrogens is 236 g/mol. The molecule has 1 unspecified atom stereocenters. The number of carbonyl (C=O) groups is 3. The second kappa shape index (κ2) is 4.29. The number of imide groups is 1. The van der Waals surface area contributed by atoms with Crippen LogP contribution in [0.25, 0.3) is 0 Å². The molecule has 96 valence electrons. The first-order valence-electron chi connectivity index (χ1n) is 5.62. The molecule has 0 bridgehead atoms. The number of furan rings is 1. The van der Waals surface area contributed by atoms with Crippen LogP contribution in [0.1, 0.15) is 28.8 Å². The summed E-state index contributed by atoms with van der Waals surface area (Å²) in [4.78, 5) is 36.3. The first kappa shape index (κ1) is 12.3. The van der Waals surface area contributed by atoms with Crippen molar-refractivity contribution >= 4 is 17.7 Å². The number of nitrogens with zero attached hydrogens (tertiary/aromatic N) is 1. The van der Waals surface area contributed by atoms with E-state index in [1.54, 1.807) is 26.8 Å². The normalized spacial score (nSPS) is 19.9. The highest BCUT2D eigenvalue weighted by Crippen LogP contribution is 2.18. The van der Waals surface area contributed by atoms with E-state index < -0.39 is 17.9 Å². The lowest BCUT2D eigenvalue weighted by atomic mass is 10.1. The van der Waals surface area contributed by atoms with Gasteiger partial charge in [0.2, 0.25) is 11.8 Å². The van der Waals surface area contributed by atoms with Crippen molar-refractivity contribution in [3.63, 3.8) is 0 Å². The molecule has 1 aromatic heterocycles. The number of amides is 3. The molecule has 0 radical (unpaired) electrons. The maximum atomic E-state index is 12.3. The van der Waals surface area contributed by atoms with Crippen LogP contribution in [0.15, 0.2) is 10.5 Å². The topological polar surface area (TPSA) is 79.6 Å². The molecule has 0 aliphatic carbocycles. The van der Waals surface area contributed by atoms with Crippen molar-refractivity contribution < 1.29 is 18.8 Å². The Bertz CT molecular complexity index is 532. The Morgan fingerprint density at radius 2 is 2.11 bits per heavy atom. The van der Waals surface area contributed by atoms with E-state index in [-0.39, 0.29) is 12.5 Å². The molecule has 0 aromatic carbocycles. The van der Waals surface area contributed by atoms with Gasteiger partial charge in [-0.2, -0.15) is 0 Å². The molecule has 1 aliphatic rings. The predicted molar refractivity (Wildman–Crippen MR) is 61.8 cm³/mol. The van der Waals surface area contributed by atoms with Crippen LogP contribution in [-0.4, -0.2) is 35.2 Å². The van der Waals surface area contributed by atoms with Gasteiger partial charge in [0.15, 0.2) is 0 Å². The van der Waals surface area contributed by atoms with Gasteiger partial charge in [0.05, 0.1) is 5.56 Å². The summed E-state index contributed by atoms with van der Waals surface area (Å²) in [5.41, 5.74) is 0.391. The number of nitrogens with one attached hydrogen (secondary N) is 1. The second-order valence-electron chi connectivity index (χ2n) is 4.35. The maximum Gasteiger partial charge on any atom is 0.258 e. The number of piperazine rings is 1. The van der Waals surface area contributed by atoms with Crippen LogP contribution >= 0.6 is 0 Å². The van der Waals surface area contributed by atoms with Gasteiger partial charge in [-0.25, -0.2) is 0 Å². The molecule has 3 amide bonds. The van der Waals surface area contributed by atoms with Crippen molar-refractivity contribution in [2.45, 2.75) is 26.8 Å². The highest BCUT2D eigenvalue weighted by molar-refractivity contribution is 6.07. The van der Waals surface area contributed by atoms with Gasteiger partial charge in [0.25, 0.3) is 5.91 Å². The van der Waals surface area contributed by atoms with Gasteiger partial charge in [0.1, 0.15) is 24.1 Å². The summed E-state index contributed by atoms with van der Waals surface area (Å²) < 4.78 is 5.28. The molecule has 6 heteroatoms. The van der Waals surface area contributed by atoms with Crippen LogP contribution in [0.3, 0.4) is 0 Å². The van der Waals surface area contributed by atoms with E-state index in [4.69, 9.17) is 4.42 Å². The minimum absolute atomic E-state index is 0.116. The highest BCUT2D eigenvalue weighted by atomic mass is 16.3. The third kappa shape index (κ3) is 2.01. The summed E-state index contributed by atoms with van der Waals surface area (Å²) in [5.74, 6) is -0.179. The fraction of sp³-hybridized carbons (Fsp3) is 0.417. The predicted octanol–water partition coefficient (Wildman–Crippen LogP) is 0.384. The van der Waals surface area contributed by atoms with E-state index in [0.29, 0.717) is 17.1 Å². The molecule has 0 saturated carbocycles. The Morgan fingerprint density at radius 1 is 1.44 bits per heavy atom. The highest BCUT2D eigenvalue weighted by Gasteiger charge is 2.35. The first-order chi connectivity index (χ1) is 8.40. The molecule has 6 nitrogen and oxygen atoms in total. The van der Waals surface area contributed by atoms with E-state index in [0.717, 1.165) is 0 Å². The summed E-state index contributed by atoms with van der Waals surface area (Å²) in [6.45, 7) is 4.88. The quantitative estimate of drug-likeness (QED) is 0.731. The van der Waals surface area contributed by atoms with E-state index >= 15 is 0 Å². The Hall–Kier alpha value is -2.11. The van der Waals surface area contributed by atoms with Crippen molar-refractivity contribution in [3.05, 3.63) is 23.2 Å². The third-order valence-corrected chi connectivity index (χ3v) is 2.96. The Morgan fingerprint density at radius 3 is 2.67 bits per heavy atom. The van der Waals surface area contributed by atoms with Gasteiger partial charge in [0, 0.05) is 0 Å². The third-order valence-electron chi connectivity index (χ3n) is 2.96. The zero-order valence-corrected chi connectivity index (χ0v) is 10.4. The van der Waals surface area contributed by atoms with Gasteiger partial charge >= 0.3 is 0 Å². The van der Waals surface area contributed by atoms with E-state index in [2.05, 4.69) is 5.32 Å². The minimum Gasteiger partial charge on any atom is -0.466 e. The van der Waals surface area contributed by atoms with Gasteiger partial charge < -0.3 is 9.32 Å². The summed E-state index contributed by atoms with van der Waals surface area (Å²) in [6, 6.07) is 0.950. The van der Waals surface area contributed by atoms with Crippen molar-refractivity contribution in [1.82, 2.24) is 10.2 Å². The zero-order valence-electron chi connectivity index (χ0n) is 10.4. The lowest BCUT2D eigenvalue weighted by Crippen LogP contribution is -2.58. The molecule has 18 heavy (non-hydrogen) atoms. The summed E-state index contributed by atoms with van der Waals surface area (Å²) in [6.07, 6.45) is 0. The largest absolute Gasteiger partial charge is 0.466 e. The van der Waals surface area contributed by atoms with Crippen molar-refractivity contribution in [1.29, 1.82) is 0 Å². The van der Waals surface area contributed by atoms with Crippen LogP contribution in [0, 0.1) is 13.8 Å². The van der Waals surface area contributed by atoms with Crippen LogP contribution in [0.2, 0.25) is 0 Å². The maximum absolute atomic E-state index is 12.3. The number of rotatable bonds is 1. The van der Waals surface area contributed by atoms with Gasteiger partial charge in [-0.15, -0.1) is 0 Å². The number of hydrogen-bond acceptors (Lipinski definition) is 4. The molecule has 1 fully saturated rings. The molecule has 2 rings (SSSR count). The van der Waals surface area contributed by atoms with Gasteiger partial charge in [-0.1, -0.05) is 0 Å². The monoisotopic (exact) mass is 250 g/mol. The average Bonchev–Trinajstić information content (AvgIpc) is 2.62. The molecule has 1 atom stereocenters. The van der Waals surface area contributed by atoms with Gasteiger partial charge in [-0.05, 0) is 26.8 Å². The fourth-order valence-corrected chi connectivity index (χ4v) is 1.96. The van der Waals surface area contributed by atoms with E-state index in [1.165, 1.54) is 4.90 Å². The minimum atomic E-state index is -0.662. The first-order valence-corrected chi connectivity index (χ1v) is 5.62. The van der Waals surface area contributed by atoms with Gasteiger partial charge in [-0.3, -0.25) is 19.7 Å². The second-order valence-corrected chi connectivity index (χ2v) is 4.35. The Labute approximate surface area is 104 Å². The summed E-state index contributed by atoms with van der Waals surface area (Å²) >= 11 is 0. The molecule has 1 saturated heterocycles. The number of aryl methyl sites for hydroxylation is 2. The molecule has 1 aliphatic heterocycles. The van der Waals surface area contributed by atoms with Crippen LogP contribution in [-0.2, 0) is 9.59 Å². The molecular formula is C12H14N2O4. The van der Waals surface area contributed by atoms with E-state index in [9.17, 15) is 14.4 Å². The Balaban J connectivity index is 2.30. The number of hydrogen-bond donors (Lipinski definition) is 1. The van der Waals surface area contributed by atoms with Crippen LogP contribution < -0.4 is 5.32 Å². The van der Waals surface area contributed by atoms with Crippen molar-refractivity contribution in [2.75, 3.05) is 6.54 Å². The molecule has 0 spiro atoms. The zero-order chi connectivity index (χ0) is 13.4. The summed E-state index contributed by atoms with van der Waals surface area (Å²) in [5, 5.41) is 2.19. The number of carbonyl (C=O) groups excluding carboxylic acids is 3. The summed E-state index contributed by atoms with van der Waals surface area (Å²) in [7, 11) is 0.